The zero-order valence-electron chi connectivity index (χ0n) is 26.3. The standard InChI is InChI=1S/C36H40FN3O4S/c1-26-16-21-31(22-27(26)2)40(45(43,44)32-14-10-7-11-15-32)25-34(41)39(24-29-17-19-30(37)20-18-29)33(35(42)38-36(3,4)5)23-28-12-8-6-9-13-28/h6-22,33H,23-25H2,1-5H3,(H,38,42)/t33-/m0/s1. The molecule has 0 heterocycles. The van der Waals surface area contributed by atoms with E-state index >= 15 is 0 Å². The summed E-state index contributed by atoms with van der Waals surface area (Å²) in [5.74, 6) is -1.40. The van der Waals surface area contributed by atoms with Crippen molar-refractivity contribution in [3.8, 4) is 0 Å². The molecule has 1 atom stereocenters. The number of sulfonamides is 1. The molecule has 0 unspecified atom stereocenters. The van der Waals surface area contributed by atoms with Crippen LogP contribution in [0.1, 0.15) is 43.0 Å². The van der Waals surface area contributed by atoms with E-state index in [9.17, 15) is 22.4 Å². The predicted molar refractivity (Wildman–Crippen MR) is 176 cm³/mol. The van der Waals surface area contributed by atoms with Gasteiger partial charge in [0.15, 0.2) is 0 Å². The van der Waals surface area contributed by atoms with Gasteiger partial charge in [0.2, 0.25) is 11.8 Å². The SMILES string of the molecule is Cc1ccc(N(CC(=O)N(Cc2ccc(F)cc2)[C@@H](Cc2ccccc2)C(=O)NC(C)(C)C)S(=O)(=O)c2ccccc2)cc1C. The minimum Gasteiger partial charge on any atom is -0.350 e. The highest BCUT2D eigenvalue weighted by Crippen LogP contribution is 2.27. The fourth-order valence-electron chi connectivity index (χ4n) is 4.92. The number of halogens is 1. The smallest absolute Gasteiger partial charge is 0.264 e. The Labute approximate surface area is 265 Å². The second kappa shape index (κ2) is 14.1. The van der Waals surface area contributed by atoms with Gasteiger partial charge in [0.05, 0.1) is 10.6 Å². The number of carbonyl (C=O) groups excluding carboxylic acids is 2. The molecule has 0 radical (unpaired) electrons. The first-order valence-corrected chi connectivity index (χ1v) is 16.2. The van der Waals surface area contributed by atoms with E-state index in [1.54, 1.807) is 42.5 Å². The summed E-state index contributed by atoms with van der Waals surface area (Å²) in [4.78, 5) is 29.8. The molecule has 7 nitrogen and oxygen atoms in total. The highest BCUT2D eigenvalue weighted by Gasteiger charge is 2.35. The minimum absolute atomic E-state index is 0.0347. The van der Waals surface area contributed by atoms with Crippen LogP contribution in [-0.2, 0) is 32.6 Å². The molecule has 9 heteroatoms. The number of carbonyl (C=O) groups is 2. The molecule has 0 saturated heterocycles. The monoisotopic (exact) mass is 629 g/mol. The van der Waals surface area contributed by atoms with Crippen LogP contribution in [0.2, 0.25) is 0 Å². The van der Waals surface area contributed by atoms with Crippen molar-refractivity contribution >= 4 is 27.5 Å². The van der Waals surface area contributed by atoms with Gasteiger partial charge in [-0.15, -0.1) is 0 Å². The summed E-state index contributed by atoms with van der Waals surface area (Å²) in [6.07, 6.45) is 0.185. The number of hydrogen-bond acceptors (Lipinski definition) is 4. The number of amides is 2. The Morgan fingerprint density at radius 2 is 1.40 bits per heavy atom. The number of benzene rings is 4. The molecule has 0 aliphatic carbocycles. The maximum Gasteiger partial charge on any atom is 0.264 e. The Morgan fingerprint density at radius 1 is 0.800 bits per heavy atom. The maximum atomic E-state index is 14.5. The Hall–Kier alpha value is -4.50. The lowest BCUT2D eigenvalue weighted by Crippen LogP contribution is -2.56. The van der Waals surface area contributed by atoms with Gasteiger partial charge in [0.25, 0.3) is 10.0 Å². The number of nitrogens with zero attached hydrogens (tertiary/aromatic N) is 2. The molecule has 4 aromatic carbocycles. The van der Waals surface area contributed by atoms with Gasteiger partial charge in [0, 0.05) is 18.5 Å². The van der Waals surface area contributed by atoms with Crippen molar-refractivity contribution in [2.24, 2.45) is 0 Å². The third-order valence-electron chi connectivity index (χ3n) is 7.42. The molecule has 0 spiro atoms. The highest BCUT2D eigenvalue weighted by atomic mass is 32.2. The van der Waals surface area contributed by atoms with Crippen LogP contribution in [0.4, 0.5) is 10.1 Å². The molecule has 0 bridgehead atoms. The minimum atomic E-state index is -4.19. The maximum absolute atomic E-state index is 14.5. The van der Waals surface area contributed by atoms with Gasteiger partial charge >= 0.3 is 0 Å². The van der Waals surface area contributed by atoms with Gasteiger partial charge in [-0.25, -0.2) is 12.8 Å². The number of hydrogen-bond donors (Lipinski definition) is 1. The molecule has 2 amide bonds. The summed E-state index contributed by atoms with van der Waals surface area (Å²) < 4.78 is 43.1. The van der Waals surface area contributed by atoms with Crippen molar-refractivity contribution in [1.29, 1.82) is 0 Å². The molecule has 4 aromatic rings. The third kappa shape index (κ3) is 8.79. The Bertz CT molecular complexity index is 1720. The van der Waals surface area contributed by atoms with Gasteiger partial charge in [-0.1, -0.05) is 66.7 Å². The molecule has 45 heavy (non-hydrogen) atoms. The summed E-state index contributed by atoms with van der Waals surface area (Å²) in [5, 5.41) is 3.00. The van der Waals surface area contributed by atoms with Gasteiger partial charge in [-0.2, -0.15) is 0 Å². The second-order valence-corrected chi connectivity index (χ2v) is 14.0. The van der Waals surface area contributed by atoms with Gasteiger partial charge in [0.1, 0.15) is 18.4 Å². The summed E-state index contributed by atoms with van der Waals surface area (Å²) in [6, 6.07) is 27.2. The summed E-state index contributed by atoms with van der Waals surface area (Å²) in [7, 11) is -4.19. The van der Waals surface area contributed by atoms with Crippen LogP contribution in [-0.4, -0.2) is 43.3 Å². The Balaban J connectivity index is 1.82. The van der Waals surface area contributed by atoms with Crippen LogP contribution >= 0.6 is 0 Å². The van der Waals surface area contributed by atoms with Gasteiger partial charge < -0.3 is 10.2 Å². The van der Waals surface area contributed by atoms with Gasteiger partial charge in [-0.05, 0) is 93.3 Å². The third-order valence-corrected chi connectivity index (χ3v) is 9.21. The quantitative estimate of drug-likeness (QED) is 0.214. The lowest BCUT2D eigenvalue weighted by molar-refractivity contribution is -0.140. The van der Waals surface area contributed by atoms with Crippen LogP contribution in [0, 0.1) is 19.7 Å². The molecular formula is C36H40FN3O4S. The Kier molecular flexibility index (Phi) is 10.4. The lowest BCUT2D eigenvalue weighted by atomic mass is 10.0. The van der Waals surface area contributed by atoms with E-state index in [0.29, 0.717) is 11.3 Å². The normalized spacial score (nSPS) is 12.3. The number of nitrogens with one attached hydrogen (secondary N) is 1. The second-order valence-electron chi connectivity index (χ2n) is 12.2. The van der Waals surface area contributed by atoms with Gasteiger partial charge in [-0.3, -0.25) is 13.9 Å². The molecule has 0 fully saturated rings. The van der Waals surface area contributed by atoms with E-state index in [1.165, 1.54) is 29.2 Å². The zero-order valence-corrected chi connectivity index (χ0v) is 27.1. The summed E-state index contributed by atoms with van der Waals surface area (Å²) in [6.45, 7) is 8.75. The molecule has 0 aromatic heterocycles. The van der Waals surface area contributed by atoms with E-state index in [-0.39, 0.29) is 23.8 Å². The highest BCUT2D eigenvalue weighted by molar-refractivity contribution is 7.92. The van der Waals surface area contributed by atoms with Crippen molar-refractivity contribution in [3.05, 3.63) is 131 Å². The van der Waals surface area contributed by atoms with Crippen molar-refractivity contribution in [2.75, 3.05) is 10.8 Å². The van der Waals surface area contributed by atoms with Crippen LogP contribution in [0.5, 0.6) is 0 Å². The fraction of sp³-hybridized carbons (Fsp3) is 0.278. The van der Waals surface area contributed by atoms with E-state index in [0.717, 1.165) is 21.0 Å². The first-order chi connectivity index (χ1) is 21.2. The van der Waals surface area contributed by atoms with Crippen molar-refractivity contribution < 1.29 is 22.4 Å². The average molecular weight is 630 g/mol. The van der Waals surface area contributed by atoms with Crippen LogP contribution in [0.3, 0.4) is 0 Å². The molecular weight excluding hydrogens is 589 g/mol. The van der Waals surface area contributed by atoms with E-state index in [2.05, 4.69) is 5.32 Å². The number of rotatable bonds is 11. The first kappa shape index (κ1) is 33.4. The number of anilines is 1. The molecule has 0 saturated carbocycles. The number of aryl methyl sites for hydroxylation is 2. The summed E-state index contributed by atoms with van der Waals surface area (Å²) in [5.41, 5.74) is 2.99. The van der Waals surface area contributed by atoms with Crippen LogP contribution < -0.4 is 9.62 Å². The molecule has 4 rings (SSSR count). The van der Waals surface area contributed by atoms with Crippen molar-refractivity contribution in [3.63, 3.8) is 0 Å². The zero-order chi connectivity index (χ0) is 32.8. The van der Waals surface area contributed by atoms with Crippen molar-refractivity contribution in [2.45, 2.75) is 64.1 Å². The molecule has 236 valence electrons. The topological polar surface area (TPSA) is 86.8 Å². The fourth-order valence-corrected chi connectivity index (χ4v) is 6.35. The molecule has 0 aliphatic heterocycles. The molecule has 0 aliphatic rings. The largest absolute Gasteiger partial charge is 0.350 e. The van der Waals surface area contributed by atoms with Crippen molar-refractivity contribution in [1.82, 2.24) is 10.2 Å². The van der Waals surface area contributed by atoms with Crippen LogP contribution in [0.15, 0.2) is 108 Å². The van der Waals surface area contributed by atoms with Crippen LogP contribution in [0.25, 0.3) is 0 Å². The molecule has 1 N–H and O–H groups in total. The van der Waals surface area contributed by atoms with E-state index < -0.39 is 39.9 Å². The Morgan fingerprint density at radius 3 is 1.98 bits per heavy atom. The van der Waals surface area contributed by atoms with E-state index in [1.807, 2.05) is 71.0 Å². The van der Waals surface area contributed by atoms with E-state index in [4.69, 9.17) is 0 Å². The predicted octanol–water partition coefficient (Wildman–Crippen LogP) is 6.19. The average Bonchev–Trinajstić information content (AvgIpc) is 3.00. The first-order valence-electron chi connectivity index (χ1n) is 14.8. The summed E-state index contributed by atoms with van der Waals surface area (Å²) >= 11 is 0. The lowest BCUT2D eigenvalue weighted by Gasteiger charge is -2.35.